The molecule has 2 N–H and O–H groups in total. The van der Waals surface area contributed by atoms with Gasteiger partial charge in [-0.3, -0.25) is 9.80 Å². The van der Waals surface area contributed by atoms with Gasteiger partial charge in [0, 0.05) is 6.42 Å². The van der Waals surface area contributed by atoms with Crippen molar-refractivity contribution in [2.45, 2.75) is 13.3 Å². The second-order valence-corrected chi connectivity index (χ2v) is 3.21. The van der Waals surface area contributed by atoms with E-state index < -0.39 is 0 Å². The zero-order valence-electron chi connectivity index (χ0n) is 8.89. The molecule has 1 aromatic rings. The monoisotopic (exact) mass is 204 g/mol. The Hall–Kier alpha value is -1.61. The van der Waals surface area contributed by atoms with E-state index in [1.54, 1.807) is 6.92 Å². The standard InChI is InChI=1S/C12H16N2O/c1-2-12(15)14(13)10-6-9-11-7-4-3-5-8-11/h3-9H,2,10,13H2,1H3. The molecule has 1 rings (SSSR count). The summed E-state index contributed by atoms with van der Waals surface area (Å²) >= 11 is 0. The van der Waals surface area contributed by atoms with Crippen molar-refractivity contribution in [2.75, 3.05) is 6.54 Å². The number of nitrogens with zero attached hydrogens (tertiary/aromatic N) is 1. The lowest BCUT2D eigenvalue weighted by atomic mass is 10.2. The normalized spacial score (nSPS) is 10.5. The molecule has 0 heterocycles. The minimum atomic E-state index is -0.0484. The van der Waals surface area contributed by atoms with Gasteiger partial charge in [-0.25, -0.2) is 5.84 Å². The van der Waals surface area contributed by atoms with Gasteiger partial charge in [-0.1, -0.05) is 49.4 Å². The maximum absolute atomic E-state index is 11.1. The Morgan fingerprint density at radius 1 is 1.40 bits per heavy atom. The number of carbonyl (C=O) groups is 1. The highest BCUT2D eigenvalue weighted by Crippen LogP contribution is 2.00. The van der Waals surface area contributed by atoms with E-state index in [0.717, 1.165) is 5.56 Å². The van der Waals surface area contributed by atoms with Crippen LogP contribution in [0.3, 0.4) is 0 Å². The van der Waals surface area contributed by atoms with Gasteiger partial charge in [0.25, 0.3) is 0 Å². The van der Waals surface area contributed by atoms with Crippen molar-refractivity contribution in [3.63, 3.8) is 0 Å². The van der Waals surface area contributed by atoms with Gasteiger partial charge >= 0.3 is 0 Å². The fraction of sp³-hybridized carbons (Fsp3) is 0.250. The van der Waals surface area contributed by atoms with Crippen molar-refractivity contribution < 1.29 is 4.79 Å². The summed E-state index contributed by atoms with van der Waals surface area (Å²) in [4.78, 5) is 11.1. The van der Waals surface area contributed by atoms with Crippen LogP contribution in [0.15, 0.2) is 36.4 Å². The lowest BCUT2D eigenvalue weighted by Gasteiger charge is -2.12. The fourth-order valence-corrected chi connectivity index (χ4v) is 1.17. The van der Waals surface area contributed by atoms with Crippen LogP contribution in [-0.4, -0.2) is 17.5 Å². The van der Waals surface area contributed by atoms with E-state index in [2.05, 4.69) is 0 Å². The summed E-state index contributed by atoms with van der Waals surface area (Å²) in [6, 6.07) is 9.90. The molecule has 0 spiro atoms. The Balaban J connectivity index is 2.43. The fourth-order valence-electron chi connectivity index (χ4n) is 1.17. The predicted octanol–water partition coefficient (Wildman–Crippen LogP) is 1.81. The third-order valence-corrected chi connectivity index (χ3v) is 2.03. The van der Waals surface area contributed by atoms with Gasteiger partial charge in [-0.15, -0.1) is 0 Å². The van der Waals surface area contributed by atoms with Crippen LogP contribution in [0.1, 0.15) is 18.9 Å². The van der Waals surface area contributed by atoms with Crippen LogP contribution in [0, 0.1) is 0 Å². The number of rotatable bonds is 4. The van der Waals surface area contributed by atoms with Crippen LogP contribution in [0.2, 0.25) is 0 Å². The van der Waals surface area contributed by atoms with Crippen molar-refractivity contribution in [1.29, 1.82) is 0 Å². The first-order valence-corrected chi connectivity index (χ1v) is 5.00. The maximum Gasteiger partial charge on any atom is 0.236 e. The SMILES string of the molecule is CCC(=O)N(N)CC=Cc1ccccc1. The molecule has 0 radical (unpaired) electrons. The number of hydrazine groups is 1. The summed E-state index contributed by atoms with van der Waals surface area (Å²) in [7, 11) is 0. The summed E-state index contributed by atoms with van der Waals surface area (Å²) in [6.45, 7) is 2.24. The highest BCUT2D eigenvalue weighted by Gasteiger charge is 2.02. The molecule has 0 unspecified atom stereocenters. The average Bonchev–Trinajstić information content (AvgIpc) is 2.29. The van der Waals surface area contributed by atoms with Crippen LogP contribution in [0.5, 0.6) is 0 Å². The van der Waals surface area contributed by atoms with Gasteiger partial charge in [0.2, 0.25) is 5.91 Å². The molecule has 0 saturated carbocycles. The molecule has 1 amide bonds. The largest absolute Gasteiger partial charge is 0.277 e. The number of hydrogen-bond acceptors (Lipinski definition) is 2. The Bertz CT molecular complexity index is 333. The molecule has 0 aromatic heterocycles. The number of nitrogens with two attached hydrogens (primary N) is 1. The summed E-state index contributed by atoms with van der Waals surface area (Å²) in [6.07, 6.45) is 4.27. The smallest absolute Gasteiger partial charge is 0.236 e. The lowest BCUT2D eigenvalue weighted by molar-refractivity contribution is -0.130. The van der Waals surface area contributed by atoms with Crippen LogP contribution < -0.4 is 5.84 Å². The second-order valence-electron chi connectivity index (χ2n) is 3.21. The molecule has 0 bridgehead atoms. The van der Waals surface area contributed by atoms with Gasteiger partial charge in [-0.05, 0) is 5.56 Å². The van der Waals surface area contributed by atoms with E-state index in [1.165, 1.54) is 5.01 Å². The van der Waals surface area contributed by atoms with Crippen molar-refractivity contribution in [3.05, 3.63) is 42.0 Å². The molecule has 0 aliphatic rings. The minimum Gasteiger partial charge on any atom is -0.277 e. The van der Waals surface area contributed by atoms with Crippen LogP contribution in [0.4, 0.5) is 0 Å². The molecule has 15 heavy (non-hydrogen) atoms. The number of carbonyl (C=O) groups excluding carboxylic acids is 1. The zero-order valence-corrected chi connectivity index (χ0v) is 8.89. The van der Waals surface area contributed by atoms with E-state index in [-0.39, 0.29) is 5.91 Å². The Kier molecular flexibility index (Phi) is 4.57. The zero-order chi connectivity index (χ0) is 11.1. The summed E-state index contributed by atoms with van der Waals surface area (Å²) in [5.41, 5.74) is 1.11. The first kappa shape index (κ1) is 11.5. The van der Waals surface area contributed by atoms with Crippen LogP contribution in [0.25, 0.3) is 6.08 Å². The molecule has 3 nitrogen and oxygen atoms in total. The predicted molar refractivity (Wildman–Crippen MR) is 61.7 cm³/mol. The highest BCUT2D eigenvalue weighted by atomic mass is 16.2. The molecule has 0 atom stereocenters. The van der Waals surface area contributed by atoms with Gasteiger partial charge in [0.05, 0.1) is 6.54 Å². The molecule has 0 aliphatic carbocycles. The molecule has 0 saturated heterocycles. The minimum absolute atomic E-state index is 0.0484. The molecule has 80 valence electrons. The van der Waals surface area contributed by atoms with Crippen molar-refractivity contribution in [3.8, 4) is 0 Å². The Labute approximate surface area is 90.2 Å². The number of hydrogen-bond donors (Lipinski definition) is 1. The van der Waals surface area contributed by atoms with Gasteiger partial charge < -0.3 is 0 Å². The van der Waals surface area contributed by atoms with E-state index >= 15 is 0 Å². The molecular formula is C12H16N2O. The lowest BCUT2D eigenvalue weighted by Crippen LogP contribution is -2.36. The molecule has 3 heteroatoms. The van der Waals surface area contributed by atoms with Crippen molar-refractivity contribution in [1.82, 2.24) is 5.01 Å². The topological polar surface area (TPSA) is 46.3 Å². The van der Waals surface area contributed by atoms with Crippen molar-refractivity contribution in [2.24, 2.45) is 5.84 Å². The Morgan fingerprint density at radius 2 is 2.07 bits per heavy atom. The number of amides is 1. The number of benzene rings is 1. The first-order chi connectivity index (χ1) is 7.24. The van der Waals surface area contributed by atoms with Gasteiger partial charge in [0.1, 0.15) is 0 Å². The highest BCUT2D eigenvalue weighted by molar-refractivity contribution is 5.75. The van der Waals surface area contributed by atoms with E-state index in [4.69, 9.17) is 5.84 Å². The van der Waals surface area contributed by atoms with E-state index in [1.807, 2.05) is 42.5 Å². The molecule has 1 aromatic carbocycles. The quantitative estimate of drug-likeness (QED) is 0.462. The summed E-state index contributed by atoms with van der Waals surface area (Å²) in [5, 5.41) is 1.22. The van der Waals surface area contributed by atoms with Gasteiger partial charge in [0.15, 0.2) is 0 Å². The third kappa shape index (κ3) is 3.95. The van der Waals surface area contributed by atoms with Crippen molar-refractivity contribution >= 4 is 12.0 Å². The maximum atomic E-state index is 11.1. The molecule has 0 fully saturated rings. The average molecular weight is 204 g/mol. The summed E-state index contributed by atoms with van der Waals surface area (Å²) < 4.78 is 0. The van der Waals surface area contributed by atoms with Gasteiger partial charge in [-0.2, -0.15) is 0 Å². The van der Waals surface area contributed by atoms with Crippen LogP contribution >= 0.6 is 0 Å². The van der Waals surface area contributed by atoms with Crippen LogP contribution in [-0.2, 0) is 4.79 Å². The Morgan fingerprint density at radius 3 is 2.67 bits per heavy atom. The summed E-state index contributed by atoms with van der Waals surface area (Å²) in [5.74, 6) is 5.48. The van der Waals surface area contributed by atoms with E-state index in [0.29, 0.717) is 13.0 Å². The first-order valence-electron chi connectivity index (χ1n) is 5.00. The third-order valence-electron chi connectivity index (χ3n) is 2.03. The second kappa shape index (κ2) is 5.98. The molecule has 0 aliphatic heterocycles. The van der Waals surface area contributed by atoms with E-state index in [9.17, 15) is 4.79 Å². The molecular weight excluding hydrogens is 188 g/mol.